The van der Waals surface area contributed by atoms with Crippen molar-refractivity contribution in [1.29, 1.82) is 5.26 Å². The van der Waals surface area contributed by atoms with Gasteiger partial charge >= 0.3 is 0 Å². The van der Waals surface area contributed by atoms with Crippen molar-refractivity contribution in [2.75, 3.05) is 0 Å². The molecule has 0 aliphatic heterocycles. The van der Waals surface area contributed by atoms with Crippen molar-refractivity contribution in [2.45, 2.75) is 11.4 Å². The Morgan fingerprint density at radius 1 is 1.45 bits per heavy atom. The fourth-order valence-corrected chi connectivity index (χ4v) is 3.13. The molecule has 2 aromatic rings. The normalized spacial score (nSPS) is 11.2. The van der Waals surface area contributed by atoms with E-state index in [1.165, 1.54) is 18.2 Å². The SMILES string of the molecule is Cn1ccc(CNS(=O)(=O)c2ccc(C#N)cc2Cl)n1. The molecule has 20 heavy (non-hydrogen) atoms. The number of nitriles is 1. The number of halogens is 1. The number of sulfonamides is 1. The lowest BCUT2D eigenvalue weighted by Gasteiger charge is -2.07. The fourth-order valence-electron chi connectivity index (χ4n) is 1.59. The quantitative estimate of drug-likeness (QED) is 0.925. The zero-order valence-corrected chi connectivity index (χ0v) is 12.1. The highest BCUT2D eigenvalue weighted by Gasteiger charge is 2.18. The molecule has 0 aliphatic carbocycles. The van der Waals surface area contributed by atoms with Crippen molar-refractivity contribution in [3.8, 4) is 6.07 Å². The lowest BCUT2D eigenvalue weighted by Crippen LogP contribution is -2.23. The molecule has 0 aliphatic rings. The standard InChI is InChI=1S/C12H11ClN4O2S/c1-17-5-4-10(16-17)8-15-20(18,19)12-3-2-9(7-14)6-11(12)13/h2-6,15H,8H2,1H3. The van der Waals surface area contributed by atoms with Crippen LogP contribution in [0.2, 0.25) is 5.02 Å². The van der Waals surface area contributed by atoms with Crippen LogP contribution in [-0.2, 0) is 23.6 Å². The van der Waals surface area contributed by atoms with Gasteiger partial charge in [0.05, 0.1) is 28.9 Å². The minimum Gasteiger partial charge on any atom is -0.276 e. The summed E-state index contributed by atoms with van der Waals surface area (Å²) in [5.74, 6) is 0. The second kappa shape index (κ2) is 5.63. The molecule has 0 spiro atoms. The third-order valence-corrected chi connectivity index (χ3v) is 4.45. The summed E-state index contributed by atoms with van der Waals surface area (Å²) in [6.45, 7) is 0.0690. The van der Waals surface area contributed by atoms with Gasteiger partial charge < -0.3 is 0 Å². The Kier molecular flexibility index (Phi) is 4.09. The second-order valence-electron chi connectivity index (χ2n) is 4.06. The molecule has 1 N–H and O–H groups in total. The van der Waals surface area contributed by atoms with Gasteiger partial charge in [-0.3, -0.25) is 4.68 Å². The largest absolute Gasteiger partial charge is 0.276 e. The maximum atomic E-state index is 12.1. The third kappa shape index (κ3) is 3.17. The number of hydrogen-bond donors (Lipinski definition) is 1. The van der Waals surface area contributed by atoms with E-state index in [1.807, 2.05) is 6.07 Å². The number of nitrogens with zero attached hydrogens (tertiary/aromatic N) is 3. The predicted octanol–water partition coefficient (Wildman–Crippen LogP) is 1.42. The van der Waals surface area contributed by atoms with E-state index < -0.39 is 10.0 Å². The molecule has 0 radical (unpaired) electrons. The Balaban J connectivity index is 2.20. The van der Waals surface area contributed by atoms with Crippen LogP contribution < -0.4 is 4.72 Å². The zero-order chi connectivity index (χ0) is 14.8. The van der Waals surface area contributed by atoms with Crippen molar-refractivity contribution in [1.82, 2.24) is 14.5 Å². The average molecular weight is 311 g/mol. The molecule has 104 valence electrons. The highest BCUT2D eigenvalue weighted by molar-refractivity contribution is 7.89. The van der Waals surface area contributed by atoms with Gasteiger partial charge in [-0.25, -0.2) is 13.1 Å². The van der Waals surface area contributed by atoms with E-state index in [4.69, 9.17) is 16.9 Å². The van der Waals surface area contributed by atoms with Crippen molar-refractivity contribution in [3.63, 3.8) is 0 Å². The first-order valence-electron chi connectivity index (χ1n) is 5.60. The minimum absolute atomic E-state index is 0.0116. The van der Waals surface area contributed by atoms with Crippen molar-refractivity contribution in [2.24, 2.45) is 7.05 Å². The van der Waals surface area contributed by atoms with Gasteiger partial charge in [-0.15, -0.1) is 0 Å². The summed E-state index contributed by atoms with van der Waals surface area (Å²) in [5, 5.41) is 12.8. The number of rotatable bonds is 4. The number of hydrogen-bond acceptors (Lipinski definition) is 4. The molecule has 8 heteroatoms. The lowest BCUT2D eigenvalue weighted by molar-refractivity contribution is 0.579. The molecule has 0 unspecified atom stereocenters. The molecule has 2 rings (SSSR count). The smallest absolute Gasteiger partial charge is 0.242 e. The van der Waals surface area contributed by atoms with Gasteiger partial charge in [0, 0.05) is 13.2 Å². The number of benzene rings is 1. The van der Waals surface area contributed by atoms with Crippen LogP contribution in [0.3, 0.4) is 0 Å². The number of aromatic nitrogens is 2. The van der Waals surface area contributed by atoms with Gasteiger partial charge in [-0.05, 0) is 24.3 Å². The molecule has 1 aromatic heterocycles. The first-order valence-corrected chi connectivity index (χ1v) is 7.46. The second-order valence-corrected chi connectivity index (χ2v) is 6.20. The maximum Gasteiger partial charge on any atom is 0.242 e. The summed E-state index contributed by atoms with van der Waals surface area (Å²) in [5.41, 5.74) is 0.902. The Labute approximate surface area is 121 Å². The Morgan fingerprint density at radius 2 is 2.20 bits per heavy atom. The molecule has 0 saturated heterocycles. The summed E-state index contributed by atoms with van der Waals surface area (Å²) in [6.07, 6.45) is 1.72. The maximum absolute atomic E-state index is 12.1. The van der Waals surface area contributed by atoms with E-state index in [0.717, 1.165) is 0 Å². The van der Waals surface area contributed by atoms with E-state index in [2.05, 4.69) is 9.82 Å². The first-order chi connectivity index (χ1) is 9.42. The van der Waals surface area contributed by atoms with Gasteiger partial charge in [-0.2, -0.15) is 10.4 Å². The summed E-state index contributed by atoms with van der Waals surface area (Å²) in [4.78, 5) is -0.0610. The van der Waals surface area contributed by atoms with Crippen LogP contribution in [0.25, 0.3) is 0 Å². The third-order valence-electron chi connectivity index (χ3n) is 2.56. The fraction of sp³-hybridized carbons (Fsp3) is 0.167. The Bertz CT molecular complexity index is 777. The molecule has 0 fully saturated rings. The summed E-state index contributed by atoms with van der Waals surface area (Å²) in [7, 11) is -2.00. The van der Waals surface area contributed by atoms with Gasteiger partial charge in [0.25, 0.3) is 0 Å². The van der Waals surface area contributed by atoms with Crippen LogP contribution in [0.5, 0.6) is 0 Å². The zero-order valence-electron chi connectivity index (χ0n) is 10.5. The van der Waals surface area contributed by atoms with Crippen molar-refractivity contribution < 1.29 is 8.42 Å². The monoisotopic (exact) mass is 310 g/mol. The Morgan fingerprint density at radius 3 is 2.75 bits per heavy atom. The molecular weight excluding hydrogens is 300 g/mol. The van der Waals surface area contributed by atoms with Crippen molar-refractivity contribution in [3.05, 3.63) is 46.7 Å². The van der Waals surface area contributed by atoms with Crippen LogP contribution in [-0.4, -0.2) is 18.2 Å². The molecule has 6 nitrogen and oxygen atoms in total. The van der Waals surface area contributed by atoms with Crippen LogP contribution >= 0.6 is 11.6 Å². The van der Waals surface area contributed by atoms with E-state index in [9.17, 15) is 8.42 Å². The van der Waals surface area contributed by atoms with Crippen LogP contribution in [0, 0.1) is 11.3 Å². The Hall–Kier alpha value is -1.88. The molecule has 0 amide bonds. The molecule has 0 saturated carbocycles. The van der Waals surface area contributed by atoms with Gasteiger partial charge in [-0.1, -0.05) is 11.6 Å². The number of aryl methyl sites for hydroxylation is 1. The van der Waals surface area contributed by atoms with Crippen molar-refractivity contribution >= 4 is 21.6 Å². The first kappa shape index (κ1) is 14.5. The molecular formula is C12H11ClN4O2S. The predicted molar refractivity (Wildman–Crippen MR) is 73.4 cm³/mol. The lowest BCUT2D eigenvalue weighted by atomic mass is 10.2. The minimum atomic E-state index is -3.75. The van der Waals surface area contributed by atoms with E-state index in [1.54, 1.807) is 24.0 Å². The average Bonchev–Trinajstić information content (AvgIpc) is 2.82. The van der Waals surface area contributed by atoms with Crippen LogP contribution in [0.1, 0.15) is 11.3 Å². The van der Waals surface area contributed by atoms with Crippen LogP contribution in [0.4, 0.5) is 0 Å². The van der Waals surface area contributed by atoms with E-state index in [-0.39, 0.29) is 16.5 Å². The molecule has 1 heterocycles. The highest BCUT2D eigenvalue weighted by atomic mass is 35.5. The van der Waals surface area contributed by atoms with E-state index in [0.29, 0.717) is 11.3 Å². The summed E-state index contributed by atoms with van der Waals surface area (Å²) < 4.78 is 28.2. The summed E-state index contributed by atoms with van der Waals surface area (Å²) >= 11 is 5.89. The van der Waals surface area contributed by atoms with Gasteiger partial charge in [0.2, 0.25) is 10.0 Å². The van der Waals surface area contributed by atoms with Gasteiger partial charge in [0.1, 0.15) is 4.90 Å². The van der Waals surface area contributed by atoms with Gasteiger partial charge in [0.15, 0.2) is 0 Å². The summed E-state index contributed by atoms with van der Waals surface area (Å²) in [6, 6.07) is 7.63. The topological polar surface area (TPSA) is 87.8 Å². The molecule has 0 bridgehead atoms. The molecule has 1 aromatic carbocycles. The number of nitrogens with one attached hydrogen (secondary N) is 1. The molecule has 0 atom stereocenters. The van der Waals surface area contributed by atoms with E-state index >= 15 is 0 Å². The highest BCUT2D eigenvalue weighted by Crippen LogP contribution is 2.22. The van der Waals surface area contributed by atoms with Crippen LogP contribution in [0.15, 0.2) is 35.4 Å².